The van der Waals surface area contributed by atoms with Crippen LogP contribution in [-0.4, -0.2) is 24.7 Å². The van der Waals surface area contributed by atoms with E-state index >= 15 is 0 Å². The fourth-order valence-corrected chi connectivity index (χ4v) is 2.95. The Morgan fingerprint density at radius 1 is 1.23 bits per heavy atom. The van der Waals surface area contributed by atoms with Gasteiger partial charge in [-0.25, -0.2) is 0 Å². The zero-order valence-electron chi connectivity index (χ0n) is 14.3. The van der Waals surface area contributed by atoms with E-state index in [4.69, 9.17) is 9.47 Å². The second kappa shape index (κ2) is 6.69. The molecular formula is C18H27NO3. The SMILES string of the molecule is CCOc1c(C)cc(NC(=O)[C@@](C)(OCC)C2CC2)cc1C. The highest BCUT2D eigenvalue weighted by molar-refractivity contribution is 5.97. The van der Waals surface area contributed by atoms with Crippen LogP contribution >= 0.6 is 0 Å². The summed E-state index contributed by atoms with van der Waals surface area (Å²) in [5, 5.41) is 3.02. The molecule has 0 unspecified atom stereocenters. The molecule has 0 spiro atoms. The van der Waals surface area contributed by atoms with E-state index in [9.17, 15) is 4.79 Å². The van der Waals surface area contributed by atoms with Crippen LogP contribution in [0, 0.1) is 19.8 Å². The van der Waals surface area contributed by atoms with Gasteiger partial charge in [0.1, 0.15) is 11.4 Å². The predicted molar refractivity (Wildman–Crippen MR) is 88.5 cm³/mol. The van der Waals surface area contributed by atoms with Crippen LogP contribution in [0.2, 0.25) is 0 Å². The number of benzene rings is 1. The Hall–Kier alpha value is -1.55. The maximum Gasteiger partial charge on any atom is 0.256 e. The van der Waals surface area contributed by atoms with Gasteiger partial charge in [0.05, 0.1) is 6.61 Å². The number of amides is 1. The summed E-state index contributed by atoms with van der Waals surface area (Å²) in [7, 11) is 0. The zero-order valence-corrected chi connectivity index (χ0v) is 14.3. The Morgan fingerprint density at radius 2 is 1.82 bits per heavy atom. The van der Waals surface area contributed by atoms with Crippen LogP contribution in [0.4, 0.5) is 5.69 Å². The average molecular weight is 305 g/mol. The molecule has 0 saturated heterocycles. The summed E-state index contributed by atoms with van der Waals surface area (Å²) >= 11 is 0. The third kappa shape index (κ3) is 3.43. The molecule has 1 amide bonds. The first-order valence-corrected chi connectivity index (χ1v) is 8.11. The van der Waals surface area contributed by atoms with Gasteiger partial charge in [-0.15, -0.1) is 0 Å². The smallest absolute Gasteiger partial charge is 0.256 e. The number of nitrogens with one attached hydrogen (secondary N) is 1. The summed E-state index contributed by atoms with van der Waals surface area (Å²) < 4.78 is 11.4. The third-order valence-electron chi connectivity index (χ3n) is 4.26. The number of ether oxygens (including phenoxy) is 2. The van der Waals surface area contributed by atoms with Crippen molar-refractivity contribution >= 4 is 11.6 Å². The summed E-state index contributed by atoms with van der Waals surface area (Å²) in [5.41, 5.74) is 2.13. The molecule has 4 heteroatoms. The van der Waals surface area contributed by atoms with Crippen molar-refractivity contribution in [1.29, 1.82) is 0 Å². The minimum Gasteiger partial charge on any atom is -0.493 e. The molecule has 2 rings (SSSR count). The summed E-state index contributed by atoms with van der Waals surface area (Å²) in [6, 6.07) is 3.91. The first kappa shape index (κ1) is 16.8. The third-order valence-corrected chi connectivity index (χ3v) is 4.26. The van der Waals surface area contributed by atoms with E-state index in [1.54, 1.807) is 0 Å². The minimum atomic E-state index is -0.727. The monoisotopic (exact) mass is 305 g/mol. The van der Waals surface area contributed by atoms with Gasteiger partial charge in [0.25, 0.3) is 5.91 Å². The van der Waals surface area contributed by atoms with Crippen molar-refractivity contribution in [3.8, 4) is 5.75 Å². The zero-order chi connectivity index (χ0) is 16.3. The van der Waals surface area contributed by atoms with Gasteiger partial charge in [-0.3, -0.25) is 4.79 Å². The Kier molecular flexibility index (Phi) is 5.12. The van der Waals surface area contributed by atoms with E-state index in [0.717, 1.165) is 35.4 Å². The summed E-state index contributed by atoms with van der Waals surface area (Å²) in [4.78, 5) is 12.7. The Bertz CT molecular complexity index is 528. The molecule has 0 radical (unpaired) electrons. The highest BCUT2D eigenvalue weighted by atomic mass is 16.5. The Labute approximate surface area is 133 Å². The first-order valence-electron chi connectivity index (χ1n) is 8.11. The quantitative estimate of drug-likeness (QED) is 0.832. The largest absolute Gasteiger partial charge is 0.493 e. The van der Waals surface area contributed by atoms with Crippen LogP contribution < -0.4 is 10.1 Å². The lowest BCUT2D eigenvalue weighted by atomic mass is 9.98. The second-order valence-corrected chi connectivity index (χ2v) is 6.14. The molecule has 0 heterocycles. The summed E-state index contributed by atoms with van der Waals surface area (Å²) in [6.45, 7) is 11.0. The molecule has 1 N–H and O–H groups in total. The lowest BCUT2D eigenvalue weighted by Gasteiger charge is -2.28. The van der Waals surface area contributed by atoms with Crippen molar-refractivity contribution in [1.82, 2.24) is 0 Å². The average Bonchev–Trinajstić information content (AvgIpc) is 3.27. The van der Waals surface area contributed by atoms with E-state index in [-0.39, 0.29) is 5.91 Å². The lowest BCUT2D eigenvalue weighted by Crippen LogP contribution is -2.44. The second-order valence-electron chi connectivity index (χ2n) is 6.14. The summed E-state index contributed by atoms with van der Waals surface area (Å²) in [5.74, 6) is 1.17. The van der Waals surface area contributed by atoms with Gasteiger partial charge < -0.3 is 14.8 Å². The van der Waals surface area contributed by atoms with Gasteiger partial charge in [-0.2, -0.15) is 0 Å². The highest BCUT2D eigenvalue weighted by Crippen LogP contribution is 2.42. The van der Waals surface area contributed by atoms with Crippen molar-refractivity contribution in [3.63, 3.8) is 0 Å². The molecule has 0 aromatic heterocycles. The number of carbonyl (C=O) groups excluding carboxylic acids is 1. The summed E-state index contributed by atoms with van der Waals surface area (Å²) in [6.07, 6.45) is 2.12. The van der Waals surface area contributed by atoms with Gasteiger partial charge in [-0.1, -0.05) is 0 Å². The maximum absolute atomic E-state index is 12.7. The molecule has 1 aromatic rings. The van der Waals surface area contributed by atoms with E-state index in [2.05, 4.69) is 5.32 Å². The Balaban J connectivity index is 2.17. The molecule has 122 valence electrons. The molecule has 1 aliphatic carbocycles. The molecule has 1 aromatic carbocycles. The van der Waals surface area contributed by atoms with Gasteiger partial charge >= 0.3 is 0 Å². The topological polar surface area (TPSA) is 47.6 Å². The Morgan fingerprint density at radius 3 is 2.27 bits per heavy atom. The maximum atomic E-state index is 12.7. The number of anilines is 1. The molecular weight excluding hydrogens is 278 g/mol. The van der Waals surface area contributed by atoms with Crippen LogP contribution in [0.25, 0.3) is 0 Å². The first-order chi connectivity index (χ1) is 10.4. The van der Waals surface area contributed by atoms with Gasteiger partial charge in [0, 0.05) is 12.3 Å². The minimum absolute atomic E-state index is 0.0557. The molecule has 0 aliphatic heterocycles. The predicted octanol–water partition coefficient (Wildman–Crippen LogP) is 3.85. The van der Waals surface area contributed by atoms with Crippen molar-refractivity contribution in [2.75, 3.05) is 18.5 Å². The number of carbonyl (C=O) groups is 1. The van der Waals surface area contributed by atoms with E-state index in [1.807, 2.05) is 46.8 Å². The van der Waals surface area contributed by atoms with Gasteiger partial charge in [0.2, 0.25) is 0 Å². The van der Waals surface area contributed by atoms with E-state index in [0.29, 0.717) is 19.1 Å². The fourth-order valence-electron chi connectivity index (χ4n) is 2.95. The van der Waals surface area contributed by atoms with Crippen LogP contribution in [0.15, 0.2) is 12.1 Å². The van der Waals surface area contributed by atoms with E-state index in [1.165, 1.54) is 0 Å². The number of rotatable bonds is 7. The molecule has 22 heavy (non-hydrogen) atoms. The molecule has 1 fully saturated rings. The van der Waals surface area contributed by atoms with Gasteiger partial charge in [0.15, 0.2) is 0 Å². The van der Waals surface area contributed by atoms with Crippen LogP contribution in [0.3, 0.4) is 0 Å². The van der Waals surface area contributed by atoms with E-state index < -0.39 is 5.60 Å². The van der Waals surface area contributed by atoms with Crippen LogP contribution in [-0.2, 0) is 9.53 Å². The van der Waals surface area contributed by atoms with Crippen LogP contribution in [0.1, 0.15) is 44.7 Å². The highest BCUT2D eigenvalue weighted by Gasteiger charge is 2.48. The van der Waals surface area contributed by atoms with Crippen molar-refractivity contribution in [3.05, 3.63) is 23.3 Å². The number of aryl methyl sites for hydroxylation is 2. The van der Waals surface area contributed by atoms with Crippen molar-refractivity contribution < 1.29 is 14.3 Å². The van der Waals surface area contributed by atoms with Crippen LogP contribution in [0.5, 0.6) is 5.75 Å². The molecule has 1 aliphatic rings. The normalized spacial score (nSPS) is 17.0. The standard InChI is InChI=1S/C18H27NO3/c1-6-21-16-12(3)10-15(11-13(16)4)19-17(20)18(5,22-7-2)14-8-9-14/h10-11,14H,6-9H2,1-5H3,(H,19,20)/t18-/m0/s1. The van der Waals surface area contributed by atoms with Gasteiger partial charge in [-0.05, 0) is 76.6 Å². The lowest BCUT2D eigenvalue weighted by molar-refractivity contribution is -0.141. The number of hydrogen-bond donors (Lipinski definition) is 1. The molecule has 1 saturated carbocycles. The molecule has 1 atom stereocenters. The molecule has 0 bridgehead atoms. The van der Waals surface area contributed by atoms with Crippen molar-refractivity contribution in [2.45, 2.75) is 53.1 Å². The molecule has 4 nitrogen and oxygen atoms in total. The fraction of sp³-hybridized carbons (Fsp3) is 0.611. The number of hydrogen-bond acceptors (Lipinski definition) is 3. The van der Waals surface area contributed by atoms with Crippen molar-refractivity contribution in [2.24, 2.45) is 5.92 Å².